The average molecular weight is 260 g/mol. The van der Waals surface area contributed by atoms with Crippen LogP contribution < -0.4 is 0 Å². The van der Waals surface area contributed by atoms with Crippen LogP contribution in [0.3, 0.4) is 0 Å². The van der Waals surface area contributed by atoms with E-state index in [0.717, 1.165) is 0 Å². The van der Waals surface area contributed by atoms with Crippen molar-refractivity contribution in [3.05, 3.63) is 48.0 Å². The number of hydrogen-bond acceptors (Lipinski definition) is 4. The normalized spacial score (nSPS) is 14.4. The van der Waals surface area contributed by atoms with E-state index in [4.69, 9.17) is 5.41 Å². The van der Waals surface area contributed by atoms with Crippen molar-refractivity contribution in [2.45, 2.75) is 4.90 Å². The Kier molecular flexibility index (Phi) is 2.45. The number of aromatic nitrogens is 1. The number of pyridine rings is 1. The largest absolute Gasteiger partial charge is 0.439 e. The number of amidine groups is 1. The summed E-state index contributed by atoms with van der Waals surface area (Å²) in [5.74, 6) is -0.416. The van der Waals surface area contributed by atoms with Crippen molar-refractivity contribution in [2.24, 2.45) is 4.36 Å². The van der Waals surface area contributed by atoms with Crippen LogP contribution in [0, 0.1) is 11.2 Å². The van der Waals surface area contributed by atoms with E-state index in [2.05, 4.69) is 9.35 Å². The molecule has 1 aromatic carbocycles. The maximum absolute atomic E-state index is 13.1. The number of benzene rings is 1. The van der Waals surface area contributed by atoms with Gasteiger partial charge in [0.15, 0.2) is 0 Å². The van der Waals surface area contributed by atoms with Gasteiger partial charge in [-0.25, -0.2) is 4.39 Å². The molecule has 2 heterocycles. The lowest BCUT2D eigenvalue weighted by Crippen LogP contribution is -1.96. The highest BCUT2D eigenvalue weighted by Gasteiger charge is 2.11. The van der Waals surface area contributed by atoms with E-state index >= 15 is 0 Å². The van der Waals surface area contributed by atoms with Gasteiger partial charge in [0, 0.05) is 6.20 Å². The second-order valence-corrected chi connectivity index (χ2v) is 4.89. The predicted octanol–water partition coefficient (Wildman–Crippen LogP) is 2.73. The molecular weight excluding hydrogens is 253 g/mol. The lowest BCUT2D eigenvalue weighted by atomic mass is 10.1. The Hall–Kier alpha value is -2.08. The van der Waals surface area contributed by atoms with Crippen LogP contribution in [0.15, 0.2) is 45.8 Å². The first-order valence-electron chi connectivity index (χ1n) is 5.14. The van der Waals surface area contributed by atoms with Gasteiger partial charge in [0.1, 0.15) is 11.7 Å². The molecule has 0 amide bonds. The summed E-state index contributed by atoms with van der Waals surface area (Å²) >= 11 is 0. The van der Waals surface area contributed by atoms with Gasteiger partial charge in [0.2, 0.25) is 0 Å². The molecule has 90 valence electrons. The van der Waals surface area contributed by atoms with E-state index in [0.29, 0.717) is 21.7 Å². The lowest BCUT2D eigenvalue weighted by molar-refractivity contribution is 0.601. The van der Waals surface area contributed by atoms with Gasteiger partial charge < -0.3 is 8.57 Å². The molecule has 0 saturated heterocycles. The van der Waals surface area contributed by atoms with E-state index < -0.39 is 10.6 Å². The molecule has 0 unspecified atom stereocenters. The van der Waals surface area contributed by atoms with Crippen LogP contribution in [0.1, 0.15) is 5.69 Å². The minimum Gasteiger partial charge on any atom is -0.439 e. The van der Waals surface area contributed by atoms with Gasteiger partial charge in [-0.1, -0.05) is 23.1 Å². The maximum atomic E-state index is 13.1. The van der Waals surface area contributed by atoms with E-state index in [1.807, 2.05) is 0 Å². The minimum absolute atomic E-state index is 0.0749. The first-order chi connectivity index (χ1) is 8.65. The highest BCUT2D eigenvalue weighted by molar-refractivity contribution is 7.75. The molecule has 6 heteroatoms. The Balaban J connectivity index is 2.17. The lowest BCUT2D eigenvalue weighted by Gasteiger charge is -2.06. The van der Waals surface area contributed by atoms with Crippen molar-refractivity contribution in [3.63, 3.8) is 0 Å². The molecular formula is C12H7FN3OS-. The quantitative estimate of drug-likeness (QED) is 0.801. The fraction of sp³-hybridized carbons (Fsp3) is 0. The molecule has 1 aliphatic rings. The van der Waals surface area contributed by atoms with Crippen molar-refractivity contribution in [3.8, 4) is 11.1 Å². The summed E-state index contributed by atoms with van der Waals surface area (Å²) < 4.78 is 28.4. The molecule has 4 nitrogen and oxygen atoms in total. The van der Waals surface area contributed by atoms with Crippen LogP contribution in [0.4, 0.5) is 4.39 Å². The van der Waals surface area contributed by atoms with Crippen molar-refractivity contribution in [2.75, 3.05) is 0 Å². The van der Waals surface area contributed by atoms with E-state index in [-0.39, 0.29) is 11.7 Å². The second kappa shape index (κ2) is 3.99. The summed E-state index contributed by atoms with van der Waals surface area (Å²) in [7, 11) is -1.57. The number of nitrogens with zero attached hydrogens (tertiary/aromatic N) is 2. The zero-order valence-corrected chi connectivity index (χ0v) is 9.87. The summed E-state index contributed by atoms with van der Waals surface area (Å²) in [6, 6.07) is 7.71. The van der Waals surface area contributed by atoms with Crippen LogP contribution in [-0.4, -0.2) is 10.8 Å². The number of rotatable bonds is 1. The number of halogens is 1. The van der Waals surface area contributed by atoms with E-state index in [9.17, 15) is 8.60 Å². The highest BCUT2D eigenvalue weighted by atomic mass is 32.2. The smallest absolute Gasteiger partial charge is 0.145 e. The molecule has 0 saturated carbocycles. The third-order valence-electron chi connectivity index (χ3n) is 2.60. The van der Waals surface area contributed by atoms with Gasteiger partial charge in [-0.2, -0.15) is 10.6 Å². The van der Waals surface area contributed by atoms with Gasteiger partial charge in [0.05, 0.1) is 5.69 Å². The number of fused-ring (bicyclic) bond motifs is 1. The van der Waals surface area contributed by atoms with Crippen molar-refractivity contribution >= 4 is 16.4 Å². The molecule has 1 aromatic heterocycles. The minimum atomic E-state index is -1.57. The summed E-state index contributed by atoms with van der Waals surface area (Å²) in [5.41, 5.74) is 1.64. The first-order valence-corrected chi connectivity index (χ1v) is 6.24. The Labute approximate surface area is 104 Å². The molecule has 0 bridgehead atoms. The third-order valence-corrected chi connectivity index (χ3v) is 3.63. The molecule has 0 spiro atoms. The fourth-order valence-electron chi connectivity index (χ4n) is 1.76. The zero-order valence-electron chi connectivity index (χ0n) is 9.05. The van der Waals surface area contributed by atoms with Crippen molar-refractivity contribution in [1.82, 2.24) is 4.98 Å². The summed E-state index contributed by atoms with van der Waals surface area (Å²) in [6.07, 6.45) is 1.53. The molecule has 0 radical (unpaired) electrons. The highest BCUT2D eigenvalue weighted by Crippen LogP contribution is 2.25. The topological polar surface area (TPSA) is 66.2 Å². The SMILES string of the molecule is N=C1N=[S-](=O)c2cc(-c3cccc(F)c3)cnc21. The fourth-order valence-corrected chi connectivity index (χ4v) is 2.65. The van der Waals surface area contributed by atoms with Crippen molar-refractivity contribution in [1.29, 1.82) is 5.41 Å². The molecule has 1 aliphatic heterocycles. The number of nitrogens with one attached hydrogen (secondary N) is 1. The first kappa shape index (κ1) is 11.0. The van der Waals surface area contributed by atoms with Crippen molar-refractivity contribution < 1.29 is 8.60 Å². The Morgan fingerprint density at radius 1 is 1.22 bits per heavy atom. The van der Waals surface area contributed by atoms with E-state index in [1.165, 1.54) is 18.3 Å². The Morgan fingerprint density at radius 2 is 2.06 bits per heavy atom. The molecule has 3 rings (SSSR count). The predicted molar refractivity (Wildman–Crippen MR) is 65.2 cm³/mol. The summed E-state index contributed by atoms with van der Waals surface area (Å²) in [5, 5.41) is 7.49. The van der Waals surface area contributed by atoms with Gasteiger partial charge in [-0.15, -0.1) is 0 Å². The molecule has 18 heavy (non-hydrogen) atoms. The summed E-state index contributed by atoms with van der Waals surface area (Å²) in [6.45, 7) is 0. The van der Waals surface area contributed by atoms with Crippen LogP contribution in [0.2, 0.25) is 0 Å². The Morgan fingerprint density at radius 3 is 2.83 bits per heavy atom. The number of hydrogen-bond donors (Lipinski definition) is 1. The van der Waals surface area contributed by atoms with Gasteiger partial charge in [-0.3, -0.25) is 10.4 Å². The van der Waals surface area contributed by atoms with E-state index in [1.54, 1.807) is 18.2 Å². The molecule has 2 aromatic rings. The molecule has 0 fully saturated rings. The van der Waals surface area contributed by atoms with Crippen LogP contribution >= 0.6 is 0 Å². The van der Waals surface area contributed by atoms with Gasteiger partial charge in [-0.05, 0) is 23.3 Å². The average Bonchev–Trinajstić information content (AvgIpc) is 2.65. The van der Waals surface area contributed by atoms with Crippen LogP contribution in [-0.2, 0) is 14.8 Å². The second-order valence-electron chi connectivity index (χ2n) is 3.77. The maximum Gasteiger partial charge on any atom is 0.145 e. The third kappa shape index (κ3) is 1.70. The van der Waals surface area contributed by atoms with Gasteiger partial charge >= 0.3 is 0 Å². The van der Waals surface area contributed by atoms with Gasteiger partial charge in [0.25, 0.3) is 0 Å². The van der Waals surface area contributed by atoms with Crippen LogP contribution in [0.5, 0.6) is 0 Å². The monoisotopic (exact) mass is 260 g/mol. The van der Waals surface area contributed by atoms with Crippen LogP contribution in [0.25, 0.3) is 11.1 Å². The molecule has 0 atom stereocenters. The standard InChI is InChI=1S/C12H7FN3OS/c13-9-3-1-2-7(4-9)8-5-10-11(15-6-8)12(14)16-18(10)17/h1-6,14H/q-1. The Bertz CT molecular complexity index is 751. The molecule has 0 aliphatic carbocycles. The molecule has 1 N–H and O–H groups in total. The summed E-state index contributed by atoms with van der Waals surface area (Å²) in [4.78, 5) is 4.47. The zero-order chi connectivity index (χ0) is 12.7.